The third kappa shape index (κ3) is 2.82. The molecule has 0 saturated carbocycles. The van der Waals surface area contributed by atoms with Gasteiger partial charge in [-0.25, -0.2) is 0 Å². The second-order valence-electron chi connectivity index (χ2n) is 3.60. The molecule has 0 spiro atoms. The van der Waals surface area contributed by atoms with E-state index in [1.54, 1.807) is 18.7 Å². The quantitative estimate of drug-likeness (QED) is 0.667. The van der Waals surface area contributed by atoms with Crippen molar-refractivity contribution in [2.24, 2.45) is 0 Å². The van der Waals surface area contributed by atoms with Gasteiger partial charge in [0, 0.05) is 18.8 Å². The largest absolute Gasteiger partial charge is 0.377 e. The van der Waals surface area contributed by atoms with E-state index in [-0.39, 0.29) is 22.9 Å². The number of hydrogen-bond donors (Lipinski definition) is 0. The first-order valence-corrected chi connectivity index (χ1v) is 5.78. The van der Waals surface area contributed by atoms with Crippen molar-refractivity contribution in [2.75, 3.05) is 6.61 Å². The molecule has 14 heavy (non-hydrogen) atoms. The van der Waals surface area contributed by atoms with E-state index in [4.69, 9.17) is 4.74 Å². The highest BCUT2D eigenvalue weighted by atomic mass is 32.2. The lowest BCUT2D eigenvalue weighted by Crippen LogP contribution is -2.25. The van der Waals surface area contributed by atoms with E-state index in [9.17, 15) is 9.59 Å². The standard InChI is InChI=1S/C10H16O3S/c1-6(11)10(12)8(3)14-9-4-5-13-7(9)2/h7-9H,4-5H2,1-3H3. The van der Waals surface area contributed by atoms with Gasteiger partial charge in [-0.2, -0.15) is 0 Å². The molecule has 1 fully saturated rings. The van der Waals surface area contributed by atoms with Gasteiger partial charge in [-0.05, 0) is 20.3 Å². The van der Waals surface area contributed by atoms with Gasteiger partial charge in [0.2, 0.25) is 5.78 Å². The number of Topliss-reactive ketones (excluding diaryl/α,β-unsaturated/α-hetero) is 2. The summed E-state index contributed by atoms with van der Waals surface area (Å²) in [4.78, 5) is 22.2. The fourth-order valence-electron chi connectivity index (χ4n) is 1.50. The number of carbonyl (C=O) groups is 2. The van der Waals surface area contributed by atoms with Gasteiger partial charge in [0.05, 0.1) is 11.4 Å². The first-order valence-electron chi connectivity index (χ1n) is 4.84. The molecular formula is C10H16O3S. The Balaban J connectivity index is 2.43. The Kier molecular flexibility index (Phi) is 4.13. The monoisotopic (exact) mass is 216 g/mol. The van der Waals surface area contributed by atoms with Crippen LogP contribution in [0.15, 0.2) is 0 Å². The SMILES string of the molecule is CC(=O)C(=O)C(C)SC1CCOC1C. The van der Waals surface area contributed by atoms with Crippen LogP contribution in [-0.4, -0.2) is 34.8 Å². The topological polar surface area (TPSA) is 43.4 Å². The van der Waals surface area contributed by atoms with Crippen LogP contribution in [0.2, 0.25) is 0 Å². The summed E-state index contributed by atoms with van der Waals surface area (Å²) in [5.41, 5.74) is 0. The van der Waals surface area contributed by atoms with E-state index in [2.05, 4.69) is 0 Å². The Morgan fingerprint density at radius 1 is 1.50 bits per heavy atom. The second kappa shape index (κ2) is 4.94. The van der Waals surface area contributed by atoms with Crippen LogP contribution in [-0.2, 0) is 14.3 Å². The summed E-state index contributed by atoms with van der Waals surface area (Å²) in [5, 5.41) is 0.120. The molecule has 0 bridgehead atoms. The normalized spacial score (nSPS) is 28.8. The van der Waals surface area contributed by atoms with Crippen LogP contribution in [0.4, 0.5) is 0 Å². The predicted molar refractivity (Wildman–Crippen MR) is 56.6 cm³/mol. The number of rotatable bonds is 4. The van der Waals surface area contributed by atoms with E-state index in [0.29, 0.717) is 5.25 Å². The highest BCUT2D eigenvalue weighted by molar-refractivity contribution is 8.01. The van der Waals surface area contributed by atoms with Gasteiger partial charge in [-0.15, -0.1) is 11.8 Å². The van der Waals surface area contributed by atoms with E-state index in [1.807, 2.05) is 6.92 Å². The lowest BCUT2D eigenvalue weighted by Gasteiger charge is -2.16. The summed E-state index contributed by atoms with van der Waals surface area (Å²) in [6, 6.07) is 0. The number of thioether (sulfide) groups is 1. The van der Waals surface area contributed by atoms with E-state index in [0.717, 1.165) is 13.0 Å². The number of hydrogen-bond acceptors (Lipinski definition) is 4. The number of carbonyl (C=O) groups excluding carboxylic acids is 2. The molecule has 0 aliphatic carbocycles. The average Bonchev–Trinajstić information content (AvgIpc) is 2.50. The number of ether oxygens (including phenoxy) is 1. The molecule has 0 amide bonds. The van der Waals surface area contributed by atoms with Crippen LogP contribution < -0.4 is 0 Å². The third-order valence-corrected chi connectivity index (χ3v) is 3.99. The zero-order chi connectivity index (χ0) is 10.7. The van der Waals surface area contributed by atoms with Crippen LogP contribution in [0.25, 0.3) is 0 Å². The molecule has 1 aliphatic heterocycles. The molecule has 3 unspecified atom stereocenters. The average molecular weight is 216 g/mol. The molecule has 1 aliphatic rings. The van der Waals surface area contributed by atoms with Gasteiger partial charge in [0.1, 0.15) is 0 Å². The molecule has 80 valence electrons. The summed E-state index contributed by atoms with van der Waals surface area (Å²) in [6.45, 7) is 5.89. The smallest absolute Gasteiger partial charge is 0.210 e. The summed E-state index contributed by atoms with van der Waals surface area (Å²) in [7, 11) is 0. The van der Waals surface area contributed by atoms with E-state index >= 15 is 0 Å². The van der Waals surface area contributed by atoms with Gasteiger partial charge in [-0.1, -0.05) is 0 Å². The van der Waals surface area contributed by atoms with Crippen LogP contribution in [0.5, 0.6) is 0 Å². The molecule has 3 atom stereocenters. The van der Waals surface area contributed by atoms with Crippen molar-refractivity contribution in [3.63, 3.8) is 0 Å². The Bertz CT molecular complexity index is 240. The molecule has 4 heteroatoms. The maximum absolute atomic E-state index is 11.3. The highest BCUT2D eigenvalue weighted by Gasteiger charge is 2.29. The Morgan fingerprint density at radius 2 is 2.14 bits per heavy atom. The van der Waals surface area contributed by atoms with Crippen molar-refractivity contribution in [1.29, 1.82) is 0 Å². The van der Waals surface area contributed by atoms with E-state index < -0.39 is 0 Å². The minimum Gasteiger partial charge on any atom is -0.377 e. The van der Waals surface area contributed by atoms with Crippen molar-refractivity contribution in [3.8, 4) is 0 Å². The second-order valence-corrected chi connectivity index (χ2v) is 5.19. The zero-order valence-corrected chi connectivity index (χ0v) is 9.60. The summed E-state index contributed by atoms with van der Waals surface area (Å²) in [5.74, 6) is -0.634. The minimum atomic E-state index is -0.350. The first-order chi connectivity index (χ1) is 6.52. The molecule has 1 rings (SSSR count). The van der Waals surface area contributed by atoms with E-state index in [1.165, 1.54) is 6.92 Å². The predicted octanol–water partition coefficient (Wildman–Crippen LogP) is 1.44. The molecule has 3 nitrogen and oxygen atoms in total. The van der Waals surface area contributed by atoms with Crippen molar-refractivity contribution >= 4 is 23.3 Å². The number of ketones is 2. The fraction of sp³-hybridized carbons (Fsp3) is 0.800. The van der Waals surface area contributed by atoms with Crippen LogP contribution >= 0.6 is 11.8 Å². The van der Waals surface area contributed by atoms with Crippen molar-refractivity contribution < 1.29 is 14.3 Å². The van der Waals surface area contributed by atoms with Crippen molar-refractivity contribution in [1.82, 2.24) is 0 Å². The maximum Gasteiger partial charge on any atom is 0.210 e. The first kappa shape index (κ1) is 11.7. The summed E-state index contributed by atoms with van der Waals surface area (Å²) >= 11 is 1.56. The molecule has 0 aromatic carbocycles. The van der Waals surface area contributed by atoms with Gasteiger partial charge >= 0.3 is 0 Å². The van der Waals surface area contributed by atoms with Crippen LogP contribution in [0.3, 0.4) is 0 Å². The molecule has 1 heterocycles. The van der Waals surface area contributed by atoms with Gasteiger partial charge in [0.25, 0.3) is 0 Å². The molecule has 0 N–H and O–H groups in total. The third-order valence-electron chi connectivity index (χ3n) is 2.40. The molecule has 0 radical (unpaired) electrons. The summed E-state index contributed by atoms with van der Waals surface area (Å²) < 4.78 is 5.39. The zero-order valence-electron chi connectivity index (χ0n) is 8.78. The van der Waals surface area contributed by atoms with Gasteiger partial charge < -0.3 is 4.74 Å². The Hall–Kier alpha value is -0.350. The lowest BCUT2D eigenvalue weighted by molar-refractivity contribution is -0.134. The lowest BCUT2D eigenvalue weighted by atomic mass is 10.2. The molecule has 1 saturated heterocycles. The van der Waals surface area contributed by atoms with Crippen LogP contribution in [0, 0.1) is 0 Å². The summed E-state index contributed by atoms with van der Waals surface area (Å²) in [6.07, 6.45) is 1.17. The highest BCUT2D eigenvalue weighted by Crippen LogP contribution is 2.29. The molecule has 0 aromatic rings. The Labute approximate surface area is 88.6 Å². The van der Waals surface area contributed by atoms with Crippen molar-refractivity contribution in [3.05, 3.63) is 0 Å². The molecule has 0 aromatic heterocycles. The van der Waals surface area contributed by atoms with Gasteiger partial charge in [0.15, 0.2) is 5.78 Å². The van der Waals surface area contributed by atoms with Crippen molar-refractivity contribution in [2.45, 2.75) is 43.8 Å². The Morgan fingerprint density at radius 3 is 2.57 bits per heavy atom. The maximum atomic E-state index is 11.3. The molecular weight excluding hydrogens is 200 g/mol. The van der Waals surface area contributed by atoms with Crippen LogP contribution in [0.1, 0.15) is 27.2 Å². The van der Waals surface area contributed by atoms with Gasteiger partial charge in [-0.3, -0.25) is 9.59 Å². The fourth-order valence-corrected chi connectivity index (χ4v) is 2.85. The minimum absolute atomic E-state index is 0.196.